The fourth-order valence-corrected chi connectivity index (χ4v) is 5.49. The van der Waals surface area contributed by atoms with Crippen molar-refractivity contribution in [2.75, 3.05) is 19.7 Å². The van der Waals surface area contributed by atoms with E-state index in [0.717, 1.165) is 10.4 Å². The van der Waals surface area contributed by atoms with Gasteiger partial charge in [-0.3, -0.25) is 0 Å². The van der Waals surface area contributed by atoms with E-state index in [0.29, 0.717) is 30.3 Å². The second-order valence-electron chi connectivity index (χ2n) is 5.55. The summed E-state index contributed by atoms with van der Waals surface area (Å²) in [7, 11) is -3.46. The third-order valence-electron chi connectivity index (χ3n) is 3.79. The lowest BCUT2D eigenvalue weighted by atomic mass is 10.1. The summed E-state index contributed by atoms with van der Waals surface area (Å²) in [6.07, 6.45) is 0.348. The van der Waals surface area contributed by atoms with Crippen molar-refractivity contribution in [3.63, 3.8) is 0 Å². The minimum Gasteiger partial charge on any atom is -0.375 e. The molecule has 0 radical (unpaired) electrons. The molecule has 1 saturated heterocycles. The Morgan fingerprint density at radius 3 is 2.65 bits per heavy atom. The summed E-state index contributed by atoms with van der Waals surface area (Å²) in [4.78, 5) is 0.972. The van der Waals surface area contributed by atoms with Crippen LogP contribution in [0.15, 0.2) is 40.6 Å². The van der Waals surface area contributed by atoms with Crippen LogP contribution in [-0.2, 0) is 21.2 Å². The second-order valence-corrected chi connectivity index (χ2v) is 9.00. The van der Waals surface area contributed by atoms with E-state index in [1.165, 1.54) is 27.8 Å². The first-order valence-corrected chi connectivity index (χ1v) is 9.63. The van der Waals surface area contributed by atoms with E-state index in [-0.39, 0.29) is 11.9 Å². The highest BCUT2D eigenvalue weighted by Crippen LogP contribution is 2.26. The molecule has 1 atom stereocenters. The molecule has 0 bridgehead atoms. The Labute approximate surface area is 139 Å². The molecule has 0 saturated carbocycles. The molecule has 0 aliphatic carbocycles. The van der Waals surface area contributed by atoms with Crippen molar-refractivity contribution >= 4 is 21.4 Å². The fraction of sp³-hybridized carbons (Fsp3) is 0.375. The van der Waals surface area contributed by atoms with E-state index in [1.807, 2.05) is 13.0 Å². The molecule has 2 heterocycles. The highest BCUT2D eigenvalue weighted by Gasteiger charge is 2.31. The van der Waals surface area contributed by atoms with Gasteiger partial charge >= 0.3 is 0 Å². The smallest absolute Gasteiger partial charge is 0.252 e. The average Bonchev–Trinajstić information content (AvgIpc) is 2.97. The van der Waals surface area contributed by atoms with Gasteiger partial charge in [0, 0.05) is 18.0 Å². The lowest BCUT2D eigenvalue weighted by Crippen LogP contribution is -2.46. The van der Waals surface area contributed by atoms with Gasteiger partial charge in [0.15, 0.2) is 0 Å². The molecule has 0 N–H and O–H groups in total. The minimum absolute atomic E-state index is 0.218. The van der Waals surface area contributed by atoms with Crippen LogP contribution in [0.3, 0.4) is 0 Å². The van der Waals surface area contributed by atoms with Crippen molar-refractivity contribution in [2.24, 2.45) is 0 Å². The molecule has 1 aromatic heterocycles. The predicted molar refractivity (Wildman–Crippen MR) is 87.7 cm³/mol. The van der Waals surface area contributed by atoms with Crippen LogP contribution in [0, 0.1) is 12.7 Å². The third-order valence-corrected chi connectivity index (χ3v) is 7.12. The molecule has 1 aliphatic rings. The average molecular weight is 355 g/mol. The SMILES string of the molecule is Cc1ccc(S(=O)(=O)N2CCOC(Cc3ccc(F)cc3)C2)s1. The molecule has 23 heavy (non-hydrogen) atoms. The van der Waals surface area contributed by atoms with Gasteiger partial charge in [-0.05, 0) is 43.2 Å². The summed E-state index contributed by atoms with van der Waals surface area (Å²) in [5, 5.41) is 0. The van der Waals surface area contributed by atoms with Crippen molar-refractivity contribution < 1.29 is 17.5 Å². The lowest BCUT2D eigenvalue weighted by molar-refractivity contribution is -0.000447. The van der Waals surface area contributed by atoms with Crippen LogP contribution in [0.5, 0.6) is 0 Å². The van der Waals surface area contributed by atoms with Crippen LogP contribution in [0.25, 0.3) is 0 Å². The third kappa shape index (κ3) is 3.80. The normalized spacial score (nSPS) is 19.8. The maximum atomic E-state index is 13.0. The van der Waals surface area contributed by atoms with Crippen molar-refractivity contribution in [2.45, 2.75) is 23.7 Å². The Kier molecular flexibility index (Phi) is 4.82. The monoisotopic (exact) mass is 355 g/mol. The summed E-state index contributed by atoms with van der Waals surface area (Å²) >= 11 is 1.28. The van der Waals surface area contributed by atoms with Crippen LogP contribution >= 0.6 is 11.3 Å². The molecule has 1 aliphatic heterocycles. The topological polar surface area (TPSA) is 46.6 Å². The van der Waals surface area contributed by atoms with E-state index in [4.69, 9.17) is 4.74 Å². The number of benzene rings is 1. The zero-order chi connectivity index (χ0) is 16.4. The summed E-state index contributed by atoms with van der Waals surface area (Å²) in [5.74, 6) is -0.282. The number of morpholine rings is 1. The number of thiophene rings is 1. The van der Waals surface area contributed by atoms with Gasteiger partial charge in [-0.1, -0.05) is 12.1 Å². The molecule has 7 heteroatoms. The maximum Gasteiger partial charge on any atom is 0.252 e. The molecule has 0 spiro atoms. The molecule has 3 rings (SSSR count). The Morgan fingerprint density at radius 2 is 2.00 bits per heavy atom. The number of halogens is 1. The fourth-order valence-electron chi connectivity index (χ4n) is 2.60. The van der Waals surface area contributed by atoms with E-state index in [9.17, 15) is 12.8 Å². The van der Waals surface area contributed by atoms with E-state index in [1.54, 1.807) is 18.2 Å². The van der Waals surface area contributed by atoms with Gasteiger partial charge in [0.2, 0.25) is 0 Å². The van der Waals surface area contributed by atoms with Crippen molar-refractivity contribution in [1.82, 2.24) is 4.31 Å². The lowest BCUT2D eigenvalue weighted by Gasteiger charge is -2.31. The molecule has 124 valence electrons. The summed E-state index contributed by atoms with van der Waals surface area (Å²) < 4.78 is 45.8. The van der Waals surface area contributed by atoms with Crippen molar-refractivity contribution in [3.05, 3.63) is 52.7 Å². The van der Waals surface area contributed by atoms with Crippen molar-refractivity contribution in [1.29, 1.82) is 0 Å². The van der Waals surface area contributed by atoms with Gasteiger partial charge in [-0.15, -0.1) is 11.3 Å². The molecule has 1 unspecified atom stereocenters. The molecule has 4 nitrogen and oxygen atoms in total. The number of rotatable bonds is 4. The van der Waals surface area contributed by atoms with Gasteiger partial charge in [0.25, 0.3) is 10.0 Å². The van der Waals surface area contributed by atoms with Gasteiger partial charge < -0.3 is 4.74 Å². The first-order chi connectivity index (χ1) is 10.9. The first-order valence-electron chi connectivity index (χ1n) is 7.38. The van der Waals surface area contributed by atoms with Gasteiger partial charge in [-0.2, -0.15) is 4.31 Å². The zero-order valence-electron chi connectivity index (χ0n) is 12.7. The standard InChI is InChI=1S/C16H18FNO3S2/c1-12-2-7-16(22-12)23(19,20)18-8-9-21-15(11-18)10-13-3-5-14(17)6-4-13/h2-7,15H,8-11H2,1H3. The Morgan fingerprint density at radius 1 is 1.26 bits per heavy atom. The number of hydrogen-bond donors (Lipinski definition) is 0. The number of ether oxygens (including phenoxy) is 1. The van der Waals surface area contributed by atoms with E-state index in [2.05, 4.69) is 0 Å². The summed E-state index contributed by atoms with van der Waals surface area (Å²) in [6.45, 7) is 2.94. The molecule has 2 aromatic rings. The van der Waals surface area contributed by atoms with E-state index >= 15 is 0 Å². The number of sulfonamides is 1. The van der Waals surface area contributed by atoms with E-state index < -0.39 is 10.0 Å². The highest BCUT2D eigenvalue weighted by molar-refractivity contribution is 7.91. The Balaban J connectivity index is 1.71. The molecular formula is C16H18FNO3S2. The van der Waals surface area contributed by atoms with Crippen LogP contribution < -0.4 is 0 Å². The van der Waals surface area contributed by atoms with Gasteiger partial charge in [-0.25, -0.2) is 12.8 Å². The second kappa shape index (κ2) is 6.68. The first kappa shape index (κ1) is 16.6. The predicted octanol–water partition coefficient (Wildman–Crippen LogP) is 2.83. The summed E-state index contributed by atoms with van der Waals surface area (Å²) in [5.41, 5.74) is 0.933. The van der Waals surface area contributed by atoms with Crippen molar-refractivity contribution in [3.8, 4) is 0 Å². The largest absolute Gasteiger partial charge is 0.375 e. The Hall–Kier alpha value is -1.28. The van der Waals surface area contributed by atoms with Crippen LogP contribution in [0.2, 0.25) is 0 Å². The molecular weight excluding hydrogens is 337 g/mol. The minimum atomic E-state index is -3.46. The number of nitrogens with zero attached hydrogens (tertiary/aromatic N) is 1. The molecule has 1 aromatic carbocycles. The highest BCUT2D eigenvalue weighted by atomic mass is 32.2. The maximum absolute atomic E-state index is 13.0. The number of hydrogen-bond acceptors (Lipinski definition) is 4. The quantitative estimate of drug-likeness (QED) is 0.847. The molecule has 1 fully saturated rings. The van der Waals surface area contributed by atoms with Crippen LogP contribution in [0.1, 0.15) is 10.4 Å². The van der Waals surface area contributed by atoms with Crippen LogP contribution in [0.4, 0.5) is 4.39 Å². The zero-order valence-corrected chi connectivity index (χ0v) is 14.4. The number of aryl methyl sites for hydroxylation is 1. The Bertz CT molecular complexity index is 771. The summed E-state index contributed by atoms with van der Waals surface area (Å²) in [6, 6.07) is 9.68. The van der Waals surface area contributed by atoms with Gasteiger partial charge in [0.1, 0.15) is 10.0 Å². The van der Waals surface area contributed by atoms with Gasteiger partial charge in [0.05, 0.1) is 12.7 Å². The molecule has 0 amide bonds. The van der Waals surface area contributed by atoms with Crippen LogP contribution in [-0.4, -0.2) is 38.5 Å².